The normalized spacial score (nSPS) is 39.8. The summed E-state index contributed by atoms with van der Waals surface area (Å²) in [6, 6.07) is 0. The molecule has 1 heterocycles. The Balaban J connectivity index is 2.03. The summed E-state index contributed by atoms with van der Waals surface area (Å²) in [7, 11) is 0. The Hall–Kier alpha value is -0.180. The molecule has 1 atom stereocenters. The van der Waals surface area contributed by atoms with Crippen molar-refractivity contribution in [3.63, 3.8) is 0 Å². The van der Waals surface area contributed by atoms with Crippen LogP contribution in [0.25, 0.3) is 0 Å². The molecular formula is C13H22O2S. The van der Waals surface area contributed by atoms with Crippen LogP contribution in [0.5, 0.6) is 0 Å². The zero-order valence-electron chi connectivity index (χ0n) is 10.1. The lowest BCUT2D eigenvalue weighted by atomic mass is 9.73. The standard InChI is InChI=1S/C13H22O2S/c1-2-10-4-6-11(7-5-10)13(12(14)15)8-3-9-16-13/h10-11H,2-9H2,1H3,(H,14,15). The number of carboxylic acid groups (broad SMARTS) is 1. The summed E-state index contributed by atoms with van der Waals surface area (Å²) in [4.78, 5) is 11.6. The highest BCUT2D eigenvalue weighted by molar-refractivity contribution is 8.01. The van der Waals surface area contributed by atoms with Gasteiger partial charge in [-0.05, 0) is 43.3 Å². The zero-order chi connectivity index (χ0) is 11.6. The van der Waals surface area contributed by atoms with Crippen LogP contribution in [0.2, 0.25) is 0 Å². The van der Waals surface area contributed by atoms with E-state index in [1.807, 2.05) is 0 Å². The Morgan fingerprint density at radius 1 is 1.38 bits per heavy atom. The SMILES string of the molecule is CCC1CCC(C2(C(=O)O)CCCS2)CC1. The molecule has 1 aliphatic heterocycles. The second-order valence-corrected chi connectivity index (χ2v) is 6.70. The van der Waals surface area contributed by atoms with Crippen molar-refractivity contribution >= 4 is 17.7 Å². The van der Waals surface area contributed by atoms with Gasteiger partial charge in [-0.1, -0.05) is 26.2 Å². The van der Waals surface area contributed by atoms with E-state index >= 15 is 0 Å². The number of hydrogen-bond donors (Lipinski definition) is 1. The molecular weight excluding hydrogens is 220 g/mol. The molecule has 1 aliphatic carbocycles. The Bertz CT molecular complexity index is 251. The fourth-order valence-electron chi connectivity index (χ4n) is 3.36. The van der Waals surface area contributed by atoms with Crippen molar-refractivity contribution in [2.45, 2.75) is 56.6 Å². The monoisotopic (exact) mass is 242 g/mol. The molecule has 2 aliphatic rings. The van der Waals surface area contributed by atoms with Gasteiger partial charge in [-0.2, -0.15) is 0 Å². The first kappa shape index (κ1) is 12.3. The maximum absolute atomic E-state index is 11.6. The predicted octanol–water partition coefficient (Wildman–Crippen LogP) is 3.55. The van der Waals surface area contributed by atoms with E-state index in [2.05, 4.69) is 6.92 Å². The molecule has 0 amide bonds. The van der Waals surface area contributed by atoms with Gasteiger partial charge in [-0.3, -0.25) is 4.79 Å². The highest BCUT2D eigenvalue weighted by atomic mass is 32.2. The van der Waals surface area contributed by atoms with Crippen LogP contribution in [0, 0.1) is 11.8 Å². The van der Waals surface area contributed by atoms with E-state index in [1.54, 1.807) is 11.8 Å². The fraction of sp³-hybridized carbons (Fsp3) is 0.923. The summed E-state index contributed by atoms with van der Waals surface area (Å²) in [5.74, 6) is 1.78. The maximum atomic E-state index is 11.6. The molecule has 0 spiro atoms. The first-order chi connectivity index (χ1) is 7.69. The first-order valence-corrected chi connectivity index (χ1v) is 7.55. The average Bonchev–Trinajstić information content (AvgIpc) is 2.79. The minimum atomic E-state index is -0.546. The van der Waals surface area contributed by atoms with Gasteiger partial charge in [-0.25, -0.2) is 0 Å². The molecule has 3 heteroatoms. The van der Waals surface area contributed by atoms with Crippen molar-refractivity contribution in [2.75, 3.05) is 5.75 Å². The van der Waals surface area contributed by atoms with Crippen molar-refractivity contribution in [2.24, 2.45) is 11.8 Å². The number of carboxylic acids is 1. The first-order valence-electron chi connectivity index (χ1n) is 6.56. The van der Waals surface area contributed by atoms with E-state index in [0.29, 0.717) is 5.92 Å². The van der Waals surface area contributed by atoms with E-state index < -0.39 is 10.7 Å². The Labute approximate surface area is 102 Å². The van der Waals surface area contributed by atoms with E-state index in [4.69, 9.17) is 0 Å². The third-order valence-electron chi connectivity index (χ3n) is 4.50. The molecule has 2 rings (SSSR count). The molecule has 92 valence electrons. The zero-order valence-corrected chi connectivity index (χ0v) is 10.9. The van der Waals surface area contributed by atoms with Crippen LogP contribution in [0.15, 0.2) is 0 Å². The Morgan fingerprint density at radius 3 is 2.50 bits per heavy atom. The Kier molecular flexibility index (Phi) is 3.83. The third kappa shape index (κ3) is 2.11. The van der Waals surface area contributed by atoms with Crippen LogP contribution < -0.4 is 0 Å². The summed E-state index contributed by atoms with van der Waals surface area (Å²) in [6.45, 7) is 2.25. The lowest BCUT2D eigenvalue weighted by molar-refractivity contribution is -0.142. The van der Waals surface area contributed by atoms with E-state index in [9.17, 15) is 9.90 Å². The Morgan fingerprint density at radius 2 is 2.06 bits per heavy atom. The van der Waals surface area contributed by atoms with E-state index in [1.165, 1.54) is 19.3 Å². The van der Waals surface area contributed by atoms with Gasteiger partial charge >= 0.3 is 5.97 Å². The molecule has 2 nitrogen and oxygen atoms in total. The lowest BCUT2D eigenvalue weighted by Gasteiger charge is -2.37. The molecule has 2 fully saturated rings. The number of thioether (sulfide) groups is 1. The van der Waals surface area contributed by atoms with Crippen LogP contribution in [-0.4, -0.2) is 21.6 Å². The van der Waals surface area contributed by atoms with Gasteiger partial charge in [0.2, 0.25) is 0 Å². The molecule has 0 aromatic rings. The quantitative estimate of drug-likeness (QED) is 0.822. The van der Waals surface area contributed by atoms with Crippen LogP contribution in [0.1, 0.15) is 51.9 Å². The predicted molar refractivity (Wildman–Crippen MR) is 67.8 cm³/mol. The summed E-state index contributed by atoms with van der Waals surface area (Å²) < 4.78 is -0.418. The summed E-state index contributed by atoms with van der Waals surface area (Å²) in [5.41, 5.74) is 0. The fourth-order valence-corrected chi connectivity index (χ4v) is 4.90. The second kappa shape index (κ2) is 4.99. The maximum Gasteiger partial charge on any atom is 0.320 e. The molecule has 1 saturated carbocycles. The average molecular weight is 242 g/mol. The van der Waals surface area contributed by atoms with Gasteiger partial charge in [0.15, 0.2) is 0 Å². The number of aliphatic carboxylic acids is 1. The summed E-state index contributed by atoms with van der Waals surface area (Å²) >= 11 is 1.71. The van der Waals surface area contributed by atoms with Crippen LogP contribution in [0.4, 0.5) is 0 Å². The van der Waals surface area contributed by atoms with Gasteiger partial charge in [0.25, 0.3) is 0 Å². The molecule has 1 N–H and O–H groups in total. The lowest BCUT2D eigenvalue weighted by Crippen LogP contribution is -2.42. The van der Waals surface area contributed by atoms with Gasteiger partial charge in [-0.15, -0.1) is 11.8 Å². The van der Waals surface area contributed by atoms with Gasteiger partial charge in [0, 0.05) is 0 Å². The summed E-state index contributed by atoms with van der Waals surface area (Å²) in [6.07, 6.45) is 8.02. The largest absolute Gasteiger partial charge is 0.480 e. The number of carbonyl (C=O) groups is 1. The van der Waals surface area contributed by atoms with Crippen molar-refractivity contribution in [3.8, 4) is 0 Å². The smallest absolute Gasteiger partial charge is 0.320 e. The van der Waals surface area contributed by atoms with Crippen molar-refractivity contribution < 1.29 is 9.90 Å². The highest BCUT2D eigenvalue weighted by Gasteiger charge is 2.49. The molecule has 0 aromatic heterocycles. The second-order valence-electron chi connectivity index (χ2n) is 5.27. The molecule has 1 unspecified atom stereocenters. The number of hydrogen-bond acceptors (Lipinski definition) is 2. The molecule has 16 heavy (non-hydrogen) atoms. The molecule has 0 bridgehead atoms. The minimum absolute atomic E-state index is 0.418. The molecule has 0 radical (unpaired) electrons. The van der Waals surface area contributed by atoms with E-state index in [-0.39, 0.29) is 0 Å². The van der Waals surface area contributed by atoms with Gasteiger partial charge in [0.1, 0.15) is 4.75 Å². The topological polar surface area (TPSA) is 37.3 Å². The number of rotatable bonds is 3. The molecule has 0 aromatic carbocycles. The van der Waals surface area contributed by atoms with Crippen LogP contribution >= 0.6 is 11.8 Å². The highest BCUT2D eigenvalue weighted by Crippen LogP contribution is 2.50. The van der Waals surface area contributed by atoms with Crippen molar-refractivity contribution in [3.05, 3.63) is 0 Å². The van der Waals surface area contributed by atoms with Crippen molar-refractivity contribution in [1.29, 1.82) is 0 Å². The minimum Gasteiger partial charge on any atom is -0.480 e. The van der Waals surface area contributed by atoms with E-state index in [0.717, 1.165) is 37.4 Å². The van der Waals surface area contributed by atoms with Crippen LogP contribution in [-0.2, 0) is 4.79 Å². The van der Waals surface area contributed by atoms with Gasteiger partial charge < -0.3 is 5.11 Å². The third-order valence-corrected chi connectivity index (χ3v) is 6.22. The summed E-state index contributed by atoms with van der Waals surface area (Å²) in [5, 5.41) is 9.52. The molecule has 1 saturated heterocycles. The van der Waals surface area contributed by atoms with Crippen molar-refractivity contribution in [1.82, 2.24) is 0 Å². The van der Waals surface area contributed by atoms with Crippen LogP contribution in [0.3, 0.4) is 0 Å². The van der Waals surface area contributed by atoms with Gasteiger partial charge in [0.05, 0.1) is 0 Å².